The molecule has 0 saturated carbocycles. The molecule has 0 radical (unpaired) electrons. The number of benzene rings is 2. The van der Waals surface area contributed by atoms with Gasteiger partial charge in [0.1, 0.15) is 5.75 Å². The molecule has 0 spiro atoms. The van der Waals surface area contributed by atoms with E-state index < -0.39 is 0 Å². The highest BCUT2D eigenvalue weighted by Crippen LogP contribution is 2.32. The summed E-state index contributed by atoms with van der Waals surface area (Å²) >= 11 is 0. The van der Waals surface area contributed by atoms with Crippen molar-refractivity contribution in [2.45, 2.75) is 38.6 Å². The zero-order valence-electron chi connectivity index (χ0n) is 25.4. The summed E-state index contributed by atoms with van der Waals surface area (Å²) in [4.78, 5) is 7.63. The average Bonchev–Trinajstić information content (AvgIpc) is 3.75. The van der Waals surface area contributed by atoms with Gasteiger partial charge in [0.15, 0.2) is 12.0 Å². The summed E-state index contributed by atoms with van der Waals surface area (Å²) in [5.74, 6) is 1.71. The van der Waals surface area contributed by atoms with Crippen molar-refractivity contribution < 1.29 is 14.2 Å². The van der Waals surface area contributed by atoms with Gasteiger partial charge in [-0.2, -0.15) is 5.10 Å². The molecular formula is C34H41N7O3. The Morgan fingerprint density at radius 1 is 0.932 bits per heavy atom. The Hall–Kier alpha value is -3.96. The monoisotopic (exact) mass is 595 g/mol. The molecule has 0 amide bonds. The first-order valence-corrected chi connectivity index (χ1v) is 15.7. The highest BCUT2D eigenvalue weighted by Gasteiger charge is 2.20. The summed E-state index contributed by atoms with van der Waals surface area (Å²) in [5, 5.41) is 11.9. The third kappa shape index (κ3) is 6.30. The third-order valence-corrected chi connectivity index (χ3v) is 8.64. The SMILES string of the molecule is COc1ccc(CNc2nc3cc(-c4ccnn4C4CCCCO4)ccc3n3cc(CNCCN4CCOCC4)cc23)cc1. The molecule has 2 N–H and O–H groups in total. The van der Waals surface area contributed by atoms with Gasteiger partial charge in [0.05, 0.1) is 42.6 Å². The number of aromatic nitrogens is 4. The lowest BCUT2D eigenvalue weighted by Gasteiger charge is -2.26. The van der Waals surface area contributed by atoms with Crippen LogP contribution in [0.3, 0.4) is 0 Å². The van der Waals surface area contributed by atoms with E-state index in [1.54, 1.807) is 7.11 Å². The van der Waals surface area contributed by atoms with Crippen LogP contribution in [-0.4, -0.2) is 77.2 Å². The molecule has 3 aromatic heterocycles. The number of nitrogens with one attached hydrogen (secondary N) is 2. The Balaban J connectivity index is 1.18. The molecule has 230 valence electrons. The van der Waals surface area contributed by atoms with Crippen LogP contribution in [0, 0.1) is 0 Å². The van der Waals surface area contributed by atoms with E-state index in [4.69, 9.17) is 19.2 Å². The fraction of sp³-hybridized carbons (Fsp3) is 0.412. The minimum atomic E-state index is -0.0237. The summed E-state index contributed by atoms with van der Waals surface area (Å²) < 4.78 is 21.2. The molecule has 0 bridgehead atoms. The Morgan fingerprint density at radius 3 is 2.64 bits per heavy atom. The Kier molecular flexibility index (Phi) is 8.74. The molecule has 10 heteroatoms. The van der Waals surface area contributed by atoms with Crippen LogP contribution in [0.15, 0.2) is 67.0 Å². The van der Waals surface area contributed by atoms with Gasteiger partial charge in [-0.05, 0) is 66.8 Å². The van der Waals surface area contributed by atoms with Crippen LogP contribution < -0.4 is 15.4 Å². The summed E-state index contributed by atoms with van der Waals surface area (Å²) in [6.07, 6.45) is 7.32. The second-order valence-electron chi connectivity index (χ2n) is 11.6. The van der Waals surface area contributed by atoms with E-state index in [1.165, 1.54) is 5.56 Å². The van der Waals surface area contributed by atoms with Gasteiger partial charge >= 0.3 is 0 Å². The predicted molar refractivity (Wildman–Crippen MR) is 172 cm³/mol. The highest BCUT2D eigenvalue weighted by atomic mass is 16.5. The molecule has 2 saturated heterocycles. The van der Waals surface area contributed by atoms with Crippen molar-refractivity contribution in [1.29, 1.82) is 0 Å². The molecule has 2 aromatic carbocycles. The molecule has 5 aromatic rings. The molecule has 2 fully saturated rings. The molecule has 0 aliphatic carbocycles. The van der Waals surface area contributed by atoms with Gasteiger partial charge in [-0.25, -0.2) is 9.67 Å². The van der Waals surface area contributed by atoms with Crippen LogP contribution in [0.5, 0.6) is 5.75 Å². The normalized spacial score (nSPS) is 17.8. The molecule has 1 unspecified atom stereocenters. The summed E-state index contributed by atoms with van der Waals surface area (Å²) in [5.41, 5.74) is 7.56. The van der Waals surface area contributed by atoms with Gasteiger partial charge in [0.2, 0.25) is 0 Å². The third-order valence-electron chi connectivity index (χ3n) is 8.64. The van der Waals surface area contributed by atoms with Crippen LogP contribution in [0.1, 0.15) is 36.6 Å². The first-order valence-electron chi connectivity index (χ1n) is 15.7. The maximum absolute atomic E-state index is 6.06. The number of hydrogen-bond acceptors (Lipinski definition) is 8. The minimum absolute atomic E-state index is 0.0237. The number of morpholine rings is 1. The molecule has 2 aliphatic rings. The van der Waals surface area contributed by atoms with E-state index in [-0.39, 0.29) is 6.23 Å². The predicted octanol–water partition coefficient (Wildman–Crippen LogP) is 5.09. The molecular weight excluding hydrogens is 554 g/mol. The highest BCUT2D eigenvalue weighted by molar-refractivity contribution is 5.88. The Morgan fingerprint density at radius 2 is 1.82 bits per heavy atom. The van der Waals surface area contributed by atoms with Crippen molar-refractivity contribution in [2.75, 3.05) is 58.4 Å². The van der Waals surface area contributed by atoms with E-state index in [0.717, 1.165) is 117 Å². The van der Waals surface area contributed by atoms with Crippen LogP contribution in [-0.2, 0) is 22.6 Å². The molecule has 5 heterocycles. The second-order valence-corrected chi connectivity index (χ2v) is 11.6. The number of methoxy groups -OCH3 is 1. The lowest BCUT2D eigenvalue weighted by atomic mass is 10.1. The van der Waals surface area contributed by atoms with Crippen molar-refractivity contribution in [3.63, 3.8) is 0 Å². The van der Waals surface area contributed by atoms with Gasteiger partial charge in [-0.3, -0.25) is 4.90 Å². The van der Waals surface area contributed by atoms with Crippen molar-refractivity contribution >= 4 is 22.4 Å². The minimum Gasteiger partial charge on any atom is -0.497 e. The van der Waals surface area contributed by atoms with Crippen molar-refractivity contribution in [2.24, 2.45) is 0 Å². The van der Waals surface area contributed by atoms with Gasteiger partial charge in [0, 0.05) is 63.8 Å². The van der Waals surface area contributed by atoms with E-state index in [2.05, 4.69) is 73.7 Å². The molecule has 2 aliphatic heterocycles. The Labute approximate surface area is 257 Å². The lowest BCUT2D eigenvalue weighted by molar-refractivity contribution is -0.0383. The first kappa shape index (κ1) is 28.8. The quantitative estimate of drug-likeness (QED) is 0.204. The number of anilines is 1. The van der Waals surface area contributed by atoms with Gasteiger partial charge in [0.25, 0.3) is 0 Å². The van der Waals surface area contributed by atoms with Crippen molar-refractivity contribution in [3.8, 4) is 17.0 Å². The molecule has 7 rings (SSSR count). The summed E-state index contributed by atoms with van der Waals surface area (Å²) in [6.45, 7) is 7.88. The van der Waals surface area contributed by atoms with E-state index in [1.807, 2.05) is 23.0 Å². The van der Waals surface area contributed by atoms with E-state index in [9.17, 15) is 0 Å². The second kappa shape index (κ2) is 13.4. The maximum atomic E-state index is 6.06. The van der Waals surface area contributed by atoms with Crippen LogP contribution in [0.25, 0.3) is 27.8 Å². The van der Waals surface area contributed by atoms with E-state index in [0.29, 0.717) is 6.54 Å². The van der Waals surface area contributed by atoms with Gasteiger partial charge in [-0.15, -0.1) is 0 Å². The lowest BCUT2D eigenvalue weighted by Crippen LogP contribution is -2.40. The van der Waals surface area contributed by atoms with Gasteiger partial charge < -0.3 is 29.2 Å². The average molecular weight is 596 g/mol. The fourth-order valence-electron chi connectivity index (χ4n) is 6.19. The summed E-state index contributed by atoms with van der Waals surface area (Å²) in [6, 6.07) is 19.0. The van der Waals surface area contributed by atoms with Crippen LogP contribution in [0.2, 0.25) is 0 Å². The largest absolute Gasteiger partial charge is 0.497 e. The van der Waals surface area contributed by atoms with E-state index >= 15 is 0 Å². The van der Waals surface area contributed by atoms with Crippen molar-refractivity contribution in [3.05, 3.63) is 78.1 Å². The smallest absolute Gasteiger partial charge is 0.151 e. The number of ether oxygens (including phenoxy) is 3. The maximum Gasteiger partial charge on any atom is 0.151 e. The first-order chi connectivity index (χ1) is 21.7. The number of nitrogens with zero attached hydrogens (tertiary/aromatic N) is 5. The fourth-order valence-corrected chi connectivity index (χ4v) is 6.19. The molecule has 10 nitrogen and oxygen atoms in total. The zero-order chi connectivity index (χ0) is 29.7. The standard InChI is InChI=1S/C34H41N7O3/c1-42-28-8-5-25(6-9-28)23-36-34-32-20-26(22-35-13-14-39-15-18-43-19-16-39)24-40(32)31-10-7-27(21-29(31)38-34)30-11-12-37-41(30)33-4-2-3-17-44-33/h5-12,20-21,24,33,35H,2-4,13-19,22-23H2,1H3,(H,36,38). The zero-order valence-corrected chi connectivity index (χ0v) is 25.4. The topological polar surface area (TPSA) is 90.1 Å². The van der Waals surface area contributed by atoms with Crippen molar-refractivity contribution in [1.82, 2.24) is 29.4 Å². The Bertz CT molecular complexity index is 1680. The molecule has 44 heavy (non-hydrogen) atoms. The summed E-state index contributed by atoms with van der Waals surface area (Å²) in [7, 11) is 1.69. The van der Waals surface area contributed by atoms with Crippen LogP contribution in [0.4, 0.5) is 5.82 Å². The number of hydrogen-bond donors (Lipinski definition) is 2. The van der Waals surface area contributed by atoms with Crippen LogP contribution >= 0.6 is 0 Å². The molecule has 1 atom stereocenters. The number of rotatable bonds is 11. The van der Waals surface area contributed by atoms with Gasteiger partial charge in [-0.1, -0.05) is 18.2 Å². The number of fused-ring (bicyclic) bond motifs is 3.